The van der Waals surface area contributed by atoms with Gasteiger partial charge in [-0.2, -0.15) is 0 Å². The van der Waals surface area contributed by atoms with E-state index in [2.05, 4.69) is 5.32 Å². The van der Waals surface area contributed by atoms with E-state index in [1.54, 1.807) is 60.7 Å². The molecule has 45 heavy (non-hydrogen) atoms. The number of likely N-dealkylation sites (N-methyl/N-ethyl adjacent to an activating group) is 1. The van der Waals surface area contributed by atoms with Gasteiger partial charge >= 0.3 is 0 Å². The zero-order valence-corrected chi connectivity index (χ0v) is 27.2. The third-order valence-corrected chi connectivity index (χ3v) is 9.25. The number of hydrogen-bond acceptors (Lipinski definition) is 5. The minimum absolute atomic E-state index is 0.0450. The molecule has 1 atom stereocenters. The van der Waals surface area contributed by atoms with Crippen LogP contribution in [0.5, 0.6) is 5.75 Å². The van der Waals surface area contributed by atoms with Crippen LogP contribution in [0, 0.1) is 6.92 Å². The molecule has 0 aliphatic rings. The summed E-state index contributed by atoms with van der Waals surface area (Å²) in [5, 5.41) is 3.40. The standard InChI is InChI=1S/C35H38ClN3O5S/c1-4-37-35(41)33(23-27-9-7-6-8-10-27)38(24-28-13-15-29(36)16-14-28)34(40)25-39(30-17-19-31(20-18-30)44-5-2)45(42,43)32-21-11-26(3)12-22-32/h6-22,33H,4-5,23-25H2,1-3H3,(H,37,41)/t33-/m0/s1. The average molecular weight is 648 g/mol. The molecular weight excluding hydrogens is 610 g/mol. The van der Waals surface area contributed by atoms with E-state index in [1.165, 1.54) is 17.0 Å². The molecule has 0 unspecified atom stereocenters. The number of nitrogens with one attached hydrogen (secondary N) is 1. The van der Waals surface area contributed by atoms with Crippen molar-refractivity contribution in [2.45, 2.75) is 44.7 Å². The molecule has 0 bridgehead atoms. The number of ether oxygens (including phenoxy) is 1. The number of aryl methyl sites for hydroxylation is 1. The Morgan fingerprint density at radius 1 is 0.844 bits per heavy atom. The molecule has 8 nitrogen and oxygen atoms in total. The van der Waals surface area contributed by atoms with Gasteiger partial charge in [-0.3, -0.25) is 13.9 Å². The Labute approximate surface area is 270 Å². The first kappa shape index (κ1) is 33.6. The minimum Gasteiger partial charge on any atom is -0.494 e. The van der Waals surface area contributed by atoms with Gasteiger partial charge in [0.15, 0.2) is 0 Å². The Kier molecular flexibility index (Phi) is 11.6. The van der Waals surface area contributed by atoms with E-state index < -0.39 is 28.5 Å². The van der Waals surface area contributed by atoms with Crippen molar-refractivity contribution < 1.29 is 22.7 Å². The predicted molar refractivity (Wildman–Crippen MR) is 178 cm³/mol. The van der Waals surface area contributed by atoms with Crippen LogP contribution in [-0.4, -0.2) is 50.9 Å². The second kappa shape index (κ2) is 15.6. The fourth-order valence-corrected chi connectivity index (χ4v) is 6.41. The van der Waals surface area contributed by atoms with E-state index in [9.17, 15) is 18.0 Å². The van der Waals surface area contributed by atoms with Crippen LogP contribution in [0.4, 0.5) is 5.69 Å². The van der Waals surface area contributed by atoms with E-state index in [4.69, 9.17) is 16.3 Å². The molecule has 1 N–H and O–H groups in total. The third-order valence-electron chi connectivity index (χ3n) is 7.21. The lowest BCUT2D eigenvalue weighted by Gasteiger charge is -2.34. The maximum atomic E-state index is 14.4. The van der Waals surface area contributed by atoms with E-state index in [1.807, 2.05) is 51.1 Å². The molecule has 4 aromatic rings. The van der Waals surface area contributed by atoms with Gasteiger partial charge in [-0.05, 0) is 80.4 Å². The molecule has 0 aliphatic carbocycles. The molecular formula is C35H38ClN3O5S. The average Bonchev–Trinajstić information content (AvgIpc) is 3.03. The maximum absolute atomic E-state index is 14.4. The predicted octanol–water partition coefficient (Wildman–Crippen LogP) is 6.02. The molecule has 0 spiro atoms. The van der Waals surface area contributed by atoms with E-state index in [0.717, 1.165) is 21.0 Å². The Bertz CT molecular complexity index is 1660. The van der Waals surface area contributed by atoms with Crippen molar-refractivity contribution in [3.05, 3.63) is 125 Å². The monoisotopic (exact) mass is 647 g/mol. The van der Waals surface area contributed by atoms with Crippen molar-refractivity contribution in [1.82, 2.24) is 10.2 Å². The van der Waals surface area contributed by atoms with Crippen molar-refractivity contribution >= 4 is 39.1 Å². The number of rotatable bonds is 14. The zero-order chi connectivity index (χ0) is 32.4. The summed E-state index contributed by atoms with van der Waals surface area (Å²) in [5.74, 6) is -0.303. The highest BCUT2D eigenvalue weighted by Gasteiger charge is 2.34. The highest BCUT2D eigenvalue weighted by molar-refractivity contribution is 7.92. The molecule has 0 saturated heterocycles. The van der Waals surface area contributed by atoms with Crippen LogP contribution in [0.1, 0.15) is 30.5 Å². The molecule has 4 aromatic carbocycles. The molecule has 236 valence electrons. The summed E-state index contributed by atoms with van der Waals surface area (Å²) < 4.78 is 34.9. The van der Waals surface area contributed by atoms with Crippen molar-refractivity contribution in [3.8, 4) is 5.75 Å². The number of hydrogen-bond donors (Lipinski definition) is 1. The molecule has 2 amide bonds. The number of nitrogens with zero attached hydrogens (tertiary/aromatic N) is 2. The summed E-state index contributed by atoms with van der Waals surface area (Å²) in [5.41, 5.74) is 2.79. The van der Waals surface area contributed by atoms with E-state index in [-0.39, 0.29) is 29.5 Å². The highest BCUT2D eigenvalue weighted by Crippen LogP contribution is 2.27. The highest BCUT2D eigenvalue weighted by atomic mass is 35.5. The first-order valence-electron chi connectivity index (χ1n) is 14.8. The first-order valence-corrected chi connectivity index (χ1v) is 16.6. The molecule has 0 aromatic heterocycles. The Balaban J connectivity index is 1.79. The molecule has 0 saturated carbocycles. The molecule has 0 aliphatic heterocycles. The SMILES string of the molecule is CCNC(=O)[C@H](Cc1ccccc1)N(Cc1ccc(Cl)cc1)C(=O)CN(c1ccc(OCC)cc1)S(=O)(=O)c1ccc(C)cc1. The minimum atomic E-state index is -4.19. The quantitative estimate of drug-likeness (QED) is 0.181. The lowest BCUT2D eigenvalue weighted by atomic mass is 10.0. The summed E-state index contributed by atoms with van der Waals surface area (Å²) in [6.45, 7) is 5.88. The van der Waals surface area contributed by atoms with Gasteiger partial charge in [-0.1, -0.05) is 71.8 Å². The Morgan fingerprint density at radius 3 is 2.09 bits per heavy atom. The fraction of sp³-hybridized carbons (Fsp3) is 0.257. The third kappa shape index (κ3) is 8.86. The van der Waals surface area contributed by atoms with Crippen LogP contribution in [0.25, 0.3) is 0 Å². The largest absolute Gasteiger partial charge is 0.494 e. The normalized spacial score (nSPS) is 11.8. The Morgan fingerprint density at radius 2 is 1.49 bits per heavy atom. The second-order valence-electron chi connectivity index (χ2n) is 10.5. The van der Waals surface area contributed by atoms with Gasteiger partial charge in [-0.25, -0.2) is 8.42 Å². The number of benzene rings is 4. The smallest absolute Gasteiger partial charge is 0.264 e. The van der Waals surface area contributed by atoms with E-state index >= 15 is 0 Å². The van der Waals surface area contributed by atoms with Gasteiger partial charge < -0.3 is 15.0 Å². The van der Waals surface area contributed by atoms with Crippen LogP contribution in [0.3, 0.4) is 0 Å². The number of carbonyl (C=O) groups is 2. The van der Waals surface area contributed by atoms with Gasteiger partial charge in [0.1, 0.15) is 18.3 Å². The zero-order valence-electron chi connectivity index (χ0n) is 25.6. The number of sulfonamides is 1. The van der Waals surface area contributed by atoms with Gasteiger partial charge in [0.05, 0.1) is 17.2 Å². The summed E-state index contributed by atoms with van der Waals surface area (Å²) in [7, 11) is -4.19. The van der Waals surface area contributed by atoms with Gasteiger partial charge in [0, 0.05) is 24.5 Å². The van der Waals surface area contributed by atoms with Crippen molar-refractivity contribution in [3.63, 3.8) is 0 Å². The van der Waals surface area contributed by atoms with Crippen LogP contribution in [0.15, 0.2) is 108 Å². The number of amides is 2. The van der Waals surface area contributed by atoms with Crippen molar-refractivity contribution in [1.29, 1.82) is 0 Å². The van der Waals surface area contributed by atoms with Crippen molar-refractivity contribution in [2.24, 2.45) is 0 Å². The summed E-state index contributed by atoms with van der Waals surface area (Å²) in [6.07, 6.45) is 0.236. The molecule has 0 radical (unpaired) electrons. The first-order chi connectivity index (χ1) is 21.6. The number of halogens is 1. The lowest BCUT2D eigenvalue weighted by Crippen LogP contribution is -2.53. The molecule has 0 fully saturated rings. The van der Waals surface area contributed by atoms with Crippen LogP contribution < -0.4 is 14.4 Å². The van der Waals surface area contributed by atoms with Crippen molar-refractivity contribution in [2.75, 3.05) is 24.0 Å². The van der Waals surface area contributed by atoms with Crippen LogP contribution >= 0.6 is 11.6 Å². The Hall–Kier alpha value is -4.34. The molecule has 0 heterocycles. The van der Waals surface area contributed by atoms with E-state index in [0.29, 0.717) is 23.9 Å². The summed E-state index contributed by atoms with van der Waals surface area (Å²) in [4.78, 5) is 29.5. The van der Waals surface area contributed by atoms with Crippen LogP contribution in [0.2, 0.25) is 5.02 Å². The second-order valence-corrected chi connectivity index (χ2v) is 12.8. The lowest BCUT2D eigenvalue weighted by molar-refractivity contribution is -0.140. The van der Waals surface area contributed by atoms with Gasteiger partial charge in [0.25, 0.3) is 10.0 Å². The molecule has 10 heteroatoms. The molecule has 4 rings (SSSR count). The number of anilines is 1. The number of carbonyl (C=O) groups excluding carboxylic acids is 2. The maximum Gasteiger partial charge on any atom is 0.264 e. The van der Waals surface area contributed by atoms with Gasteiger partial charge in [0.2, 0.25) is 11.8 Å². The van der Waals surface area contributed by atoms with Crippen LogP contribution in [-0.2, 0) is 32.6 Å². The van der Waals surface area contributed by atoms with Gasteiger partial charge in [-0.15, -0.1) is 0 Å². The topological polar surface area (TPSA) is 96.0 Å². The summed E-state index contributed by atoms with van der Waals surface area (Å²) >= 11 is 6.13. The fourth-order valence-electron chi connectivity index (χ4n) is 4.87. The summed E-state index contributed by atoms with van der Waals surface area (Å²) in [6, 6.07) is 28.5.